The highest BCUT2D eigenvalue weighted by molar-refractivity contribution is 8.00. The molecule has 0 aliphatic rings. The van der Waals surface area contributed by atoms with Crippen molar-refractivity contribution in [2.75, 3.05) is 7.05 Å². The van der Waals surface area contributed by atoms with E-state index in [0.29, 0.717) is 0 Å². The summed E-state index contributed by atoms with van der Waals surface area (Å²) in [5.41, 5.74) is 1.13. The first-order chi connectivity index (χ1) is 11.4. The van der Waals surface area contributed by atoms with Gasteiger partial charge in [-0.1, -0.05) is 30.3 Å². The molecular formula is C18H20N2O3S. The predicted molar refractivity (Wildman–Crippen MR) is 96.0 cm³/mol. The van der Waals surface area contributed by atoms with Gasteiger partial charge in [-0.05, 0) is 31.5 Å². The lowest BCUT2D eigenvalue weighted by atomic mass is 10.1. The average molecular weight is 344 g/mol. The molecule has 0 radical (unpaired) electrons. The van der Waals surface area contributed by atoms with Gasteiger partial charge in [-0.2, -0.15) is 0 Å². The van der Waals surface area contributed by atoms with Crippen molar-refractivity contribution in [1.29, 1.82) is 0 Å². The van der Waals surface area contributed by atoms with Gasteiger partial charge in [0, 0.05) is 24.1 Å². The highest BCUT2D eigenvalue weighted by Gasteiger charge is 2.23. The summed E-state index contributed by atoms with van der Waals surface area (Å²) >= 11 is 1.40. The zero-order valence-electron chi connectivity index (χ0n) is 13.9. The maximum Gasteiger partial charge on any atom is 0.269 e. The summed E-state index contributed by atoms with van der Waals surface area (Å²) in [5.74, 6) is 0.0229. The lowest BCUT2D eigenvalue weighted by Crippen LogP contribution is -2.35. The number of hydrogen-bond acceptors (Lipinski definition) is 4. The molecule has 2 aromatic carbocycles. The highest BCUT2D eigenvalue weighted by atomic mass is 32.2. The predicted octanol–water partition coefficient (Wildman–Crippen LogP) is 4.30. The van der Waals surface area contributed by atoms with Crippen molar-refractivity contribution in [2.45, 2.75) is 30.0 Å². The molecule has 0 fully saturated rings. The van der Waals surface area contributed by atoms with Gasteiger partial charge in [-0.15, -0.1) is 11.8 Å². The van der Waals surface area contributed by atoms with Gasteiger partial charge in [0.1, 0.15) is 0 Å². The van der Waals surface area contributed by atoms with E-state index in [0.717, 1.165) is 10.5 Å². The first kappa shape index (κ1) is 18.0. The second-order valence-corrected chi connectivity index (χ2v) is 6.96. The van der Waals surface area contributed by atoms with Crippen LogP contribution in [0, 0.1) is 10.1 Å². The van der Waals surface area contributed by atoms with E-state index in [1.54, 1.807) is 24.1 Å². The van der Waals surface area contributed by atoms with Gasteiger partial charge in [-0.25, -0.2) is 0 Å². The number of hydrogen-bond donors (Lipinski definition) is 0. The highest BCUT2D eigenvalue weighted by Crippen LogP contribution is 2.28. The number of nitro groups is 1. The Morgan fingerprint density at radius 3 is 2.21 bits per heavy atom. The number of carbonyl (C=O) groups is 1. The Kier molecular flexibility index (Phi) is 5.98. The van der Waals surface area contributed by atoms with E-state index in [1.165, 1.54) is 23.9 Å². The van der Waals surface area contributed by atoms with E-state index in [9.17, 15) is 14.9 Å². The fraction of sp³-hybridized carbons (Fsp3) is 0.278. The lowest BCUT2D eigenvalue weighted by Gasteiger charge is -2.28. The van der Waals surface area contributed by atoms with E-state index in [4.69, 9.17) is 0 Å². The van der Waals surface area contributed by atoms with Crippen LogP contribution in [-0.4, -0.2) is 28.0 Å². The number of thioether (sulfide) groups is 1. The maximum atomic E-state index is 12.6. The SMILES string of the molecule is CC(Sc1ccc([N+](=O)[O-])cc1)C(=O)N(C)C(C)c1ccccc1. The van der Waals surface area contributed by atoms with E-state index in [1.807, 2.05) is 44.2 Å². The van der Waals surface area contributed by atoms with Crippen LogP contribution in [0.5, 0.6) is 0 Å². The third-order valence-corrected chi connectivity index (χ3v) is 5.02. The zero-order valence-corrected chi connectivity index (χ0v) is 14.7. The summed E-state index contributed by atoms with van der Waals surface area (Å²) in [7, 11) is 1.80. The molecule has 1 amide bonds. The molecule has 0 heterocycles. The molecule has 2 aromatic rings. The van der Waals surface area contributed by atoms with E-state index < -0.39 is 4.92 Å². The molecule has 2 unspecified atom stereocenters. The van der Waals surface area contributed by atoms with E-state index >= 15 is 0 Å². The van der Waals surface area contributed by atoms with Crippen LogP contribution in [0.3, 0.4) is 0 Å². The molecule has 0 spiro atoms. The summed E-state index contributed by atoms with van der Waals surface area (Å²) in [6.07, 6.45) is 0. The smallest absolute Gasteiger partial charge is 0.269 e. The molecule has 126 valence electrons. The Bertz CT molecular complexity index is 704. The molecule has 2 rings (SSSR count). The maximum absolute atomic E-state index is 12.6. The normalized spacial score (nSPS) is 13.1. The Hall–Kier alpha value is -2.34. The molecule has 6 heteroatoms. The van der Waals surface area contributed by atoms with Crippen LogP contribution in [0.15, 0.2) is 59.5 Å². The van der Waals surface area contributed by atoms with Crippen LogP contribution < -0.4 is 0 Å². The quantitative estimate of drug-likeness (QED) is 0.445. The lowest BCUT2D eigenvalue weighted by molar-refractivity contribution is -0.384. The molecule has 0 aromatic heterocycles. The van der Waals surface area contributed by atoms with Crippen molar-refractivity contribution < 1.29 is 9.72 Å². The zero-order chi connectivity index (χ0) is 17.7. The van der Waals surface area contributed by atoms with Gasteiger partial charge in [0.05, 0.1) is 16.2 Å². The molecule has 0 N–H and O–H groups in total. The van der Waals surface area contributed by atoms with Gasteiger partial charge >= 0.3 is 0 Å². The van der Waals surface area contributed by atoms with Gasteiger partial charge in [0.25, 0.3) is 5.69 Å². The van der Waals surface area contributed by atoms with Crippen LogP contribution in [0.25, 0.3) is 0 Å². The fourth-order valence-electron chi connectivity index (χ4n) is 2.33. The Morgan fingerprint density at radius 2 is 1.67 bits per heavy atom. The molecule has 0 aliphatic carbocycles. The summed E-state index contributed by atoms with van der Waals surface area (Å²) in [4.78, 5) is 25.5. The van der Waals surface area contributed by atoms with E-state index in [2.05, 4.69) is 0 Å². The number of carbonyl (C=O) groups excluding carboxylic acids is 1. The van der Waals surface area contributed by atoms with Crippen LogP contribution in [-0.2, 0) is 4.79 Å². The summed E-state index contributed by atoms with van der Waals surface area (Å²) in [6.45, 7) is 3.85. The van der Waals surface area contributed by atoms with Crippen molar-refractivity contribution in [3.05, 3.63) is 70.3 Å². The minimum atomic E-state index is -0.432. The summed E-state index contributed by atoms with van der Waals surface area (Å²) in [5, 5.41) is 10.4. The number of nitrogens with zero attached hydrogens (tertiary/aromatic N) is 2. The third-order valence-electron chi connectivity index (χ3n) is 3.92. The van der Waals surface area contributed by atoms with Crippen molar-refractivity contribution in [1.82, 2.24) is 4.90 Å². The molecule has 0 saturated carbocycles. The van der Waals surface area contributed by atoms with Crippen LogP contribution in [0.4, 0.5) is 5.69 Å². The molecule has 5 nitrogen and oxygen atoms in total. The van der Waals surface area contributed by atoms with Gasteiger partial charge in [0.15, 0.2) is 0 Å². The average Bonchev–Trinajstić information content (AvgIpc) is 2.61. The fourth-order valence-corrected chi connectivity index (χ4v) is 3.30. The number of nitro benzene ring substituents is 1. The number of benzene rings is 2. The Balaban J connectivity index is 2.02. The Morgan fingerprint density at radius 1 is 1.08 bits per heavy atom. The van der Waals surface area contributed by atoms with Crippen molar-refractivity contribution >= 4 is 23.4 Å². The monoisotopic (exact) mass is 344 g/mol. The third kappa shape index (κ3) is 4.35. The minimum absolute atomic E-state index is 0.0152. The second-order valence-electron chi connectivity index (χ2n) is 5.55. The van der Waals surface area contributed by atoms with Crippen molar-refractivity contribution in [3.8, 4) is 0 Å². The second kappa shape index (κ2) is 7.97. The first-order valence-corrected chi connectivity index (χ1v) is 8.51. The molecule has 2 atom stereocenters. The van der Waals surface area contributed by atoms with E-state index in [-0.39, 0.29) is 22.9 Å². The molecule has 0 aliphatic heterocycles. The van der Waals surface area contributed by atoms with Crippen LogP contribution >= 0.6 is 11.8 Å². The summed E-state index contributed by atoms with van der Waals surface area (Å²) < 4.78 is 0. The van der Waals surface area contributed by atoms with Gasteiger partial charge in [0.2, 0.25) is 5.91 Å². The van der Waals surface area contributed by atoms with Crippen molar-refractivity contribution in [3.63, 3.8) is 0 Å². The Labute approximate surface area is 145 Å². The molecular weight excluding hydrogens is 324 g/mol. The van der Waals surface area contributed by atoms with Crippen molar-refractivity contribution in [2.24, 2.45) is 0 Å². The van der Waals surface area contributed by atoms with Gasteiger partial charge in [-0.3, -0.25) is 14.9 Å². The topological polar surface area (TPSA) is 63.5 Å². The summed E-state index contributed by atoms with van der Waals surface area (Å²) in [6, 6.07) is 16.1. The number of rotatable bonds is 6. The number of amides is 1. The minimum Gasteiger partial charge on any atom is -0.338 e. The number of non-ortho nitro benzene ring substituents is 1. The van der Waals surface area contributed by atoms with Crippen LogP contribution in [0.1, 0.15) is 25.5 Å². The largest absolute Gasteiger partial charge is 0.338 e. The first-order valence-electron chi connectivity index (χ1n) is 7.63. The standard InChI is InChI=1S/C18H20N2O3S/c1-13(15-7-5-4-6-8-15)19(3)18(21)14(2)24-17-11-9-16(10-12-17)20(22)23/h4-14H,1-3H3. The van der Waals surface area contributed by atoms with Gasteiger partial charge < -0.3 is 4.90 Å². The molecule has 0 saturated heterocycles. The molecule has 0 bridgehead atoms. The van der Waals surface area contributed by atoms with Crippen LogP contribution in [0.2, 0.25) is 0 Å². The molecule has 24 heavy (non-hydrogen) atoms.